The zero-order chi connectivity index (χ0) is 17.9. The Morgan fingerprint density at radius 2 is 1.92 bits per heavy atom. The molecule has 132 valence electrons. The summed E-state index contributed by atoms with van der Waals surface area (Å²) < 4.78 is 0. The number of aromatic nitrogens is 1. The summed E-state index contributed by atoms with van der Waals surface area (Å²) in [6, 6.07) is 10.3. The number of nitrogens with zero attached hydrogens (tertiary/aromatic N) is 1. The van der Waals surface area contributed by atoms with Crippen LogP contribution in [-0.4, -0.2) is 39.4 Å². The molecular formula is C19H18N4O3. The number of rotatable bonds is 1. The number of hydrogen-bond acceptors (Lipinski definition) is 4. The maximum absolute atomic E-state index is 13.0. The van der Waals surface area contributed by atoms with Crippen molar-refractivity contribution in [2.24, 2.45) is 0 Å². The van der Waals surface area contributed by atoms with Crippen molar-refractivity contribution >= 4 is 17.5 Å². The molecule has 0 saturated carbocycles. The average molecular weight is 350 g/mol. The molecule has 2 aromatic rings. The Labute approximate surface area is 149 Å². The summed E-state index contributed by atoms with van der Waals surface area (Å²) in [5, 5.41) is 6.62. The third-order valence-electron chi connectivity index (χ3n) is 5.76. The molecule has 1 aromatic carbocycles. The van der Waals surface area contributed by atoms with E-state index >= 15 is 0 Å². The number of anilines is 1. The number of hydrogen-bond donors (Lipinski definition) is 3. The van der Waals surface area contributed by atoms with Gasteiger partial charge in [0.2, 0.25) is 5.56 Å². The zero-order valence-corrected chi connectivity index (χ0v) is 14.0. The van der Waals surface area contributed by atoms with Crippen LogP contribution in [0.1, 0.15) is 40.0 Å². The highest BCUT2D eigenvalue weighted by Crippen LogP contribution is 2.46. The minimum Gasteiger partial charge on any atom is -0.360 e. The largest absolute Gasteiger partial charge is 0.360 e. The monoisotopic (exact) mass is 350 g/mol. The molecule has 3 aliphatic heterocycles. The van der Waals surface area contributed by atoms with Gasteiger partial charge in [-0.2, -0.15) is 0 Å². The molecule has 4 heterocycles. The lowest BCUT2D eigenvalue weighted by molar-refractivity contribution is 0.0691. The first-order valence-corrected chi connectivity index (χ1v) is 8.78. The summed E-state index contributed by atoms with van der Waals surface area (Å²) in [5.41, 5.74) is 1.02. The van der Waals surface area contributed by atoms with Crippen molar-refractivity contribution in [3.63, 3.8) is 0 Å². The molecule has 2 saturated heterocycles. The Morgan fingerprint density at radius 1 is 1.08 bits per heavy atom. The van der Waals surface area contributed by atoms with Gasteiger partial charge in [0.1, 0.15) is 5.66 Å². The van der Waals surface area contributed by atoms with Gasteiger partial charge in [-0.1, -0.05) is 12.1 Å². The normalized spacial score (nSPS) is 28.6. The van der Waals surface area contributed by atoms with Crippen LogP contribution >= 0.6 is 0 Å². The summed E-state index contributed by atoms with van der Waals surface area (Å²) >= 11 is 0. The molecule has 0 aliphatic carbocycles. The van der Waals surface area contributed by atoms with Gasteiger partial charge in [0.25, 0.3) is 11.8 Å². The topological polar surface area (TPSA) is 94.3 Å². The van der Waals surface area contributed by atoms with Crippen LogP contribution in [0.2, 0.25) is 0 Å². The first kappa shape index (κ1) is 15.2. The van der Waals surface area contributed by atoms with Crippen molar-refractivity contribution in [2.45, 2.75) is 37.0 Å². The second-order valence-electron chi connectivity index (χ2n) is 7.20. The number of aromatic amines is 1. The van der Waals surface area contributed by atoms with Crippen LogP contribution in [-0.2, 0) is 0 Å². The minimum absolute atomic E-state index is 0.0671. The smallest absolute Gasteiger partial charge is 0.255 e. The van der Waals surface area contributed by atoms with Crippen molar-refractivity contribution in [3.05, 3.63) is 64.1 Å². The highest BCUT2D eigenvalue weighted by molar-refractivity contribution is 6.02. The van der Waals surface area contributed by atoms with Crippen LogP contribution in [0.25, 0.3) is 0 Å². The highest BCUT2D eigenvalue weighted by atomic mass is 16.2. The molecule has 7 nitrogen and oxygen atoms in total. The van der Waals surface area contributed by atoms with E-state index in [1.54, 1.807) is 12.1 Å². The molecule has 2 fully saturated rings. The summed E-state index contributed by atoms with van der Waals surface area (Å²) in [5.74, 6) is -0.219. The second kappa shape index (κ2) is 5.20. The molecule has 1 spiro atoms. The Bertz CT molecular complexity index is 964. The fourth-order valence-corrected chi connectivity index (χ4v) is 4.68. The fraction of sp³-hybridized carbons (Fsp3) is 0.316. The van der Waals surface area contributed by atoms with Gasteiger partial charge < -0.3 is 20.5 Å². The van der Waals surface area contributed by atoms with Crippen LogP contribution in [0, 0.1) is 0 Å². The number of nitrogens with one attached hydrogen (secondary N) is 3. The lowest BCUT2D eigenvalue weighted by atomic mass is 9.86. The standard InChI is InChI=1S/C19H18N4O3/c24-16-8-5-11(10-20-16)18(26)23-12-6-7-15(23)19(9-12)21-14-4-2-1-3-13(14)17(25)22-19/h1-5,8,10,12,15,21H,6-7,9H2,(H,20,24)(H,22,25)/t12-,15-,19+/m0/s1. The van der Waals surface area contributed by atoms with Gasteiger partial charge >= 0.3 is 0 Å². The first-order valence-electron chi connectivity index (χ1n) is 8.78. The summed E-state index contributed by atoms with van der Waals surface area (Å²) in [7, 11) is 0. The molecule has 26 heavy (non-hydrogen) atoms. The number of amides is 2. The van der Waals surface area contributed by atoms with Gasteiger partial charge in [-0.05, 0) is 31.0 Å². The van der Waals surface area contributed by atoms with E-state index in [0.29, 0.717) is 17.5 Å². The van der Waals surface area contributed by atoms with Crippen LogP contribution in [0.4, 0.5) is 5.69 Å². The molecule has 3 N–H and O–H groups in total. The van der Waals surface area contributed by atoms with Crippen LogP contribution in [0.15, 0.2) is 47.4 Å². The number of benzene rings is 1. The van der Waals surface area contributed by atoms with E-state index < -0.39 is 5.66 Å². The predicted molar refractivity (Wildman–Crippen MR) is 94.9 cm³/mol. The van der Waals surface area contributed by atoms with Crippen LogP contribution in [0.5, 0.6) is 0 Å². The summed E-state index contributed by atoms with van der Waals surface area (Å²) in [6.07, 6.45) is 3.88. The molecule has 1 aromatic heterocycles. The SMILES string of the molecule is O=C1N[C@@]2(C[C@@H]3CC[C@@H]2N3C(=O)c2ccc(=O)[nH]c2)Nc2ccccc21. The van der Waals surface area contributed by atoms with Crippen molar-refractivity contribution in [1.29, 1.82) is 0 Å². The van der Waals surface area contributed by atoms with Crippen molar-refractivity contribution in [1.82, 2.24) is 15.2 Å². The molecule has 0 radical (unpaired) electrons. The average Bonchev–Trinajstić information content (AvgIpc) is 3.17. The number of pyridine rings is 1. The van der Waals surface area contributed by atoms with E-state index in [2.05, 4.69) is 15.6 Å². The van der Waals surface area contributed by atoms with E-state index in [-0.39, 0.29) is 29.5 Å². The minimum atomic E-state index is -0.633. The lowest BCUT2D eigenvalue weighted by Crippen LogP contribution is -2.64. The fourth-order valence-electron chi connectivity index (χ4n) is 4.68. The number of H-pyrrole nitrogens is 1. The second-order valence-corrected chi connectivity index (χ2v) is 7.20. The van der Waals surface area contributed by atoms with E-state index in [4.69, 9.17) is 0 Å². The highest BCUT2D eigenvalue weighted by Gasteiger charge is 2.59. The molecular weight excluding hydrogens is 332 g/mol. The number of carbonyl (C=O) groups is 2. The van der Waals surface area contributed by atoms with Crippen molar-refractivity contribution in [3.8, 4) is 0 Å². The van der Waals surface area contributed by atoms with E-state index in [0.717, 1.165) is 18.5 Å². The van der Waals surface area contributed by atoms with Crippen molar-refractivity contribution < 1.29 is 9.59 Å². The maximum atomic E-state index is 13.0. The Hall–Kier alpha value is -3.09. The van der Waals surface area contributed by atoms with Gasteiger partial charge in [0.15, 0.2) is 0 Å². The van der Waals surface area contributed by atoms with Gasteiger partial charge in [-0.3, -0.25) is 14.4 Å². The van der Waals surface area contributed by atoms with E-state index in [9.17, 15) is 14.4 Å². The Morgan fingerprint density at radius 3 is 2.73 bits per heavy atom. The molecule has 2 bridgehead atoms. The molecule has 5 rings (SSSR count). The van der Waals surface area contributed by atoms with Gasteiger partial charge in [0, 0.05) is 30.4 Å². The molecule has 3 atom stereocenters. The third-order valence-corrected chi connectivity index (χ3v) is 5.76. The predicted octanol–water partition coefficient (Wildman–Crippen LogP) is 1.30. The molecule has 3 aliphatic rings. The zero-order valence-electron chi connectivity index (χ0n) is 14.0. The Kier molecular flexibility index (Phi) is 3.04. The summed E-state index contributed by atoms with van der Waals surface area (Å²) in [6.45, 7) is 0. The van der Waals surface area contributed by atoms with Gasteiger partial charge in [-0.25, -0.2) is 0 Å². The third kappa shape index (κ3) is 2.03. The first-order chi connectivity index (χ1) is 12.6. The molecule has 7 heteroatoms. The Balaban J connectivity index is 1.50. The quantitative estimate of drug-likeness (QED) is 0.723. The van der Waals surface area contributed by atoms with Gasteiger partial charge in [-0.15, -0.1) is 0 Å². The van der Waals surface area contributed by atoms with Gasteiger partial charge in [0.05, 0.1) is 17.2 Å². The summed E-state index contributed by atoms with van der Waals surface area (Å²) in [4.78, 5) is 41.3. The van der Waals surface area contributed by atoms with E-state index in [1.165, 1.54) is 12.3 Å². The number of fused-ring (bicyclic) bond motifs is 4. The van der Waals surface area contributed by atoms with Crippen LogP contribution < -0.4 is 16.2 Å². The number of carbonyl (C=O) groups excluding carboxylic acids is 2. The number of para-hydroxylation sites is 1. The van der Waals surface area contributed by atoms with Crippen molar-refractivity contribution in [2.75, 3.05) is 5.32 Å². The maximum Gasteiger partial charge on any atom is 0.255 e. The molecule has 0 unspecified atom stereocenters. The van der Waals surface area contributed by atoms with E-state index in [1.807, 2.05) is 23.1 Å². The molecule has 2 amide bonds. The van der Waals surface area contributed by atoms with Crippen LogP contribution in [0.3, 0.4) is 0 Å². The lowest BCUT2D eigenvalue weighted by Gasteiger charge is -2.43.